The van der Waals surface area contributed by atoms with Crippen LogP contribution in [0.1, 0.15) is 24.0 Å². The standard InChI is InChI=1S/C26H27NO2/c28-26-23(16-19-10-4-1-5-11-19)27-18-21-14-8-3-9-15-22(21)25(27)24(29-26)17-20-12-6-2-7-13-20/h1-2,4-7,9-15,22-25H,3,8,16-18H2/t22-,23+,24+,25-/m1/s1. The van der Waals surface area contributed by atoms with Crippen LogP contribution in [0.15, 0.2) is 84.5 Å². The molecule has 3 nitrogen and oxygen atoms in total. The molecule has 29 heavy (non-hydrogen) atoms. The molecule has 0 spiro atoms. The number of fused-ring (bicyclic) bond motifs is 3. The molecule has 2 aromatic rings. The molecule has 0 N–H and O–H groups in total. The predicted molar refractivity (Wildman–Crippen MR) is 114 cm³/mol. The van der Waals surface area contributed by atoms with Crippen LogP contribution >= 0.6 is 0 Å². The lowest BCUT2D eigenvalue weighted by molar-refractivity contribution is -0.172. The zero-order chi connectivity index (χ0) is 19.6. The number of benzene rings is 2. The second-order valence-corrected chi connectivity index (χ2v) is 8.34. The van der Waals surface area contributed by atoms with E-state index in [4.69, 9.17) is 4.74 Å². The summed E-state index contributed by atoms with van der Waals surface area (Å²) in [5, 5.41) is 0. The monoisotopic (exact) mass is 385 g/mol. The molecule has 1 aliphatic carbocycles. The number of morpholine rings is 1. The fraction of sp³-hybridized carbons (Fsp3) is 0.346. The highest BCUT2D eigenvalue weighted by Crippen LogP contribution is 2.41. The normalized spacial score (nSPS) is 28.8. The van der Waals surface area contributed by atoms with Crippen LogP contribution in [0.25, 0.3) is 0 Å². The van der Waals surface area contributed by atoms with Crippen LogP contribution in [-0.4, -0.2) is 35.6 Å². The number of rotatable bonds is 4. The second-order valence-electron chi connectivity index (χ2n) is 8.34. The van der Waals surface area contributed by atoms with Crippen molar-refractivity contribution in [3.8, 4) is 0 Å². The maximum absolute atomic E-state index is 13.1. The van der Waals surface area contributed by atoms with Gasteiger partial charge in [-0.3, -0.25) is 9.69 Å². The summed E-state index contributed by atoms with van der Waals surface area (Å²) in [7, 11) is 0. The van der Waals surface area contributed by atoms with E-state index >= 15 is 0 Å². The number of cyclic esters (lactones) is 1. The van der Waals surface area contributed by atoms with Gasteiger partial charge in [0.25, 0.3) is 0 Å². The minimum absolute atomic E-state index is 0.0768. The Balaban J connectivity index is 1.47. The van der Waals surface area contributed by atoms with Crippen molar-refractivity contribution in [1.29, 1.82) is 0 Å². The number of hydrogen-bond donors (Lipinski definition) is 0. The summed E-state index contributed by atoms with van der Waals surface area (Å²) >= 11 is 0. The van der Waals surface area contributed by atoms with Crippen molar-refractivity contribution in [3.63, 3.8) is 0 Å². The minimum Gasteiger partial charge on any atom is -0.459 e. The molecule has 0 amide bonds. The van der Waals surface area contributed by atoms with E-state index in [1.165, 1.54) is 16.7 Å². The van der Waals surface area contributed by atoms with Gasteiger partial charge < -0.3 is 4.74 Å². The van der Waals surface area contributed by atoms with Crippen molar-refractivity contribution < 1.29 is 9.53 Å². The zero-order valence-electron chi connectivity index (χ0n) is 16.6. The molecule has 3 aliphatic rings. The van der Waals surface area contributed by atoms with Crippen LogP contribution in [0.4, 0.5) is 0 Å². The molecule has 0 unspecified atom stereocenters. The van der Waals surface area contributed by atoms with Crippen molar-refractivity contribution in [2.45, 2.75) is 43.9 Å². The molecule has 3 heteroatoms. The van der Waals surface area contributed by atoms with Gasteiger partial charge in [0, 0.05) is 18.9 Å². The summed E-state index contributed by atoms with van der Waals surface area (Å²) in [4.78, 5) is 15.5. The van der Waals surface area contributed by atoms with Crippen LogP contribution in [0.2, 0.25) is 0 Å². The summed E-state index contributed by atoms with van der Waals surface area (Å²) in [5.74, 6) is 0.268. The molecule has 2 aromatic carbocycles. The highest BCUT2D eigenvalue weighted by Gasteiger charge is 2.51. The molecule has 148 valence electrons. The van der Waals surface area contributed by atoms with E-state index < -0.39 is 0 Å². The Labute approximate surface area is 172 Å². The Morgan fingerprint density at radius 2 is 1.59 bits per heavy atom. The van der Waals surface area contributed by atoms with Gasteiger partial charge in [-0.05, 0) is 30.4 Å². The summed E-state index contributed by atoms with van der Waals surface area (Å²) in [6, 6.07) is 20.7. The third-order valence-electron chi connectivity index (χ3n) is 6.50. The maximum Gasteiger partial charge on any atom is 0.324 e. The van der Waals surface area contributed by atoms with Gasteiger partial charge in [-0.15, -0.1) is 0 Å². The molecular formula is C26H27NO2. The van der Waals surface area contributed by atoms with Crippen molar-refractivity contribution in [2.75, 3.05) is 6.54 Å². The number of ether oxygens (including phenoxy) is 1. The third-order valence-corrected chi connectivity index (χ3v) is 6.50. The van der Waals surface area contributed by atoms with E-state index in [0.29, 0.717) is 12.3 Å². The average Bonchev–Trinajstić information content (AvgIpc) is 2.95. The molecule has 0 radical (unpaired) electrons. The smallest absolute Gasteiger partial charge is 0.324 e. The van der Waals surface area contributed by atoms with Gasteiger partial charge in [0.15, 0.2) is 0 Å². The highest BCUT2D eigenvalue weighted by atomic mass is 16.6. The van der Waals surface area contributed by atoms with Gasteiger partial charge in [0.2, 0.25) is 0 Å². The van der Waals surface area contributed by atoms with Gasteiger partial charge in [0.05, 0.1) is 6.04 Å². The molecule has 2 fully saturated rings. The highest BCUT2D eigenvalue weighted by molar-refractivity contribution is 5.78. The summed E-state index contributed by atoms with van der Waals surface area (Å²) in [6.07, 6.45) is 10.6. The van der Waals surface area contributed by atoms with E-state index in [9.17, 15) is 4.79 Å². The van der Waals surface area contributed by atoms with E-state index in [1.807, 2.05) is 24.3 Å². The van der Waals surface area contributed by atoms with E-state index in [-0.39, 0.29) is 24.2 Å². The molecule has 0 bridgehead atoms. The quantitative estimate of drug-likeness (QED) is 0.579. The molecular weight excluding hydrogens is 358 g/mol. The number of carbonyl (C=O) groups is 1. The van der Waals surface area contributed by atoms with Crippen LogP contribution in [0, 0.1) is 5.92 Å². The summed E-state index contributed by atoms with van der Waals surface area (Å²) in [5.41, 5.74) is 3.87. The Morgan fingerprint density at radius 3 is 2.31 bits per heavy atom. The van der Waals surface area contributed by atoms with Gasteiger partial charge in [-0.25, -0.2) is 0 Å². The van der Waals surface area contributed by atoms with Gasteiger partial charge >= 0.3 is 5.97 Å². The lowest BCUT2D eigenvalue weighted by Gasteiger charge is -2.42. The average molecular weight is 386 g/mol. The first-order valence-corrected chi connectivity index (χ1v) is 10.7. The van der Waals surface area contributed by atoms with E-state index in [1.54, 1.807) is 0 Å². The second kappa shape index (κ2) is 8.00. The number of carbonyl (C=O) groups excluding carboxylic acids is 1. The molecule has 2 aliphatic heterocycles. The number of hydrogen-bond acceptors (Lipinski definition) is 3. The fourth-order valence-corrected chi connectivity index (χ4v) is 5.14. The van der Waals surface area contributed by atoms with Crippen molar-refractivity contribution >= 4 is 5.97 Å². The largest absolute Gasteiger partial charge is 0.459 e. The minimum atomic E-state index is -0.212. The van der Waals surface area contributed by atoms with Gasteiger partial charge in [-0.2, -0.15) is 0 Å². The first-order valence-electron chi connectivity index (χ1n) is 10.7. The summed E-state index contributed by atoms with van der Waals surface area (Å²) in [6.45, 7) is 0.873. The molecule has 4 atom stereocenters. The lowest BCUT2D eigenvalue weighted by Crippen LogP contribution is -2.59. The topological polar surface area (TPSA) is 29.5 Å². The van der Waals surface area contributed by atoms with Crippen LogP contribution in [0.3, 0.4) is 0 Å². The Hall–Kier alpha value is -2.65. The molecule has 2 heterocycles. The molecule has 5 rings (SSSR count). The first-order chi connectivity index (χ1) is 14.3. The number of allylic oxidation sites excluding steroid dienone is 2. The molecule has 2 saturated heterocycles. The SMILES string of the molecule is O=C1O[C@@H](Cc2ccccc2)[C@H]2[C@@H]3C=CCCC=C3CN2[C@H]1Cc1ccccc1. The Bertz CT molecular complexity index is 918. The summed E-state index contributed by atoms with van der Waals surface area (Å²) < 4.78 is 6.14. The van der Waals surface area contributed by atoms with Crippen molar-refractivity contribution in [3.05, 3.63) is 95.6 Å². The van der Waals surface area contributed by atoms with Gasteiger partial charge in [0.1, 0.15) is 12.1 Å². The van der Waals surface area contributed by atoms with Crippen LogP contribution in [-0.2, 0) is 22.4 Å². The third kappa shape index (κ3) is 3.67. The number of nitrogens with zero attached hydrogens (tertiary/aromatic N) is 1. The van der Waals surface area contributed by atoms with Gasteiger partial charge in [-0.1, -0.05) is 84.5 Å². The Morgan fingerprint density at radius 1 is 0.897 bits per heavy atom. The predicted octanol–water partition coefficient (Wildman–Crippen LogP) is 4.34. The number of esters is 1. The van der Waals surface area contributed by atoms with Crippen molar-refractivity contribution in [1.82, 2.24) is 4.90 Å². The maximum atomic E-state index is 13.1. The van der Waals surface area contributed by atoms with E-state index in [2.05, 4.69) is 59.5 Å². The molecule has 0 aromatic heterocycles. The van der Waals surface area contributed by atoms with Crippen LogP contribution < -0.4 is 0 Å². The first kappa shape index (κ1) is 18.4. The Kier molecular flexibility index (Phi) is 5.07. The van der Waals surface area contributed by atoms with Crippen molar-refractivity contribution in [2.24, 2.45) is 5.92 Å². The fourth-order valence-electron chi connectivity index (χ4n) is 5.14. The lowest BCUT2D eigenvalue weighted by atomic mass is 9.87. The van der Waals surface area contributed by atoms with Crippen LogP contribution in [0.5, 0.6) is 0 Å². The van der Waals surface area contributed by atoms with E-state index in [0.717, 1.165) is 25.8 Å². The zero-order valence-corrected chi connectivity index (χ0v) is 16.6. The molecule has 0 saturated carbocycles.